The number of carbonyl (C=O) groups excluding carboxylic acids is 1. The largest absolute Gasteiger partial charge is 0.352 e. The van der Waals surface area contributed by atoms with Crippen LogP contribution < -0.4 is 5.32 Å². The van der Waals surface area contributed by atoms with Crippen LogP contribution in [-0.4, -0.2) is 20.9 Å². The summed E-state index contributed by atoms with van der Waals surface area (Å²) in [6.45, 7) is 2.46. The zero-order chi connectivity index (χ0) is 16.0. The quantitative estimate of drug-likeness (QED) is 0.598. The van der Waals surface area contributed by atoms with Crippen molar-refractivity contribution in [2.45, 2.75) is 37.5 Å². The lowest BCUT2D eigenvalue weighted by molar-refractivity contribution is 0.0948. The average molecular weight is 356 g/mol. The molecule has 0 aromatic heterocycles. The maximum atomic E-state index is 13.7. The molecule has 0 heterocycles. The molecule has 0 saturated heterocycles. The van der Waals surface area contributed by atoms with Gasteiger partial charge in [-0.05, 0) is 18.6 Å². The van der Waals surface area contributed by atoms with Gasteiger partial charge in [-0.15, -0.1) is 0 Å². The highest BCUT2D eigenvalue weighted by Gasteiger charge is 2.21. The zero-order valence-electron chi connectivity index (χ0n) is 11.5. The van der Waals surface area contributed by atoms with Crippen molar-refractivity contribution in [3.63, 3.8) is 0 Å². The van der Waals surface area contributed by atoms with E-state index >= 15 is 0 Å². The lowest BCUT2D eigenvalue weighted by Gasteiger charge is -2.08. The highest BCUT2D eigenvalue weighted by atomic mass is 35.7. The van der Waals surface area contributed by atoms with Gasteiger partial charge in [0.2, 0.25) is 0 Å². The Kier molecular flexibility index (Phi) is 6.90. The summed E-state index contributed by atoms with van der Waals surface area (Å²) in [5.41, 5.74) is -0.394. The smallest absolute Gasteiger partial charge is 0.262 e. The van der Waals surface area contributed by atoms with Crippen molar-refractivity contribution in [3.8, 4) is 0 Å². The number of rotatable bonds is 7. The van der Waals surface area contributed by atoms with Gasteiger partial charge in [-0.3, -0.25) is 4.79 Å². The molecule has 0 aliphatic heterocycles. The maximum Gasteiger partial charge on any atom is 0.262 e. The summed E-state index contributed by atoms with van der Waals surface area (Å²) in [6.07, 6.45) is 3.85. The molecule has 8 heteroatoms. The SMILES string of the molecule is CCCCCCNC(=O)c1cc(S(=O)(=O)Cl)c(Cl)cc1F. The van der Waals surface area contributed by atoms with Crippen molar-refractivity contribution in [1.29, 1.82) is 0 Å². The number of hydrogen-bond acceptors (Lipinski definition) is 3. The van der Waals surface area contributed by atoms with E-state index in [-0.39, 0.29) is 5.02 Å². The number of unbranched alkanes of at least 4 members (excludes halogenated alkanes) is 3. The summed E-state index contributed by atoms with van der Waals surface area (Å²) < 4.78 is 36.3. The molecule has 0 saturated carbocycles. The highest BCUT2D eigenvalue weighted by Crippen LogP contribution is 2.27. The normalized spacial score (nSPS) is 11.4. The molecule has 0 bridgehead atoms. The van der Waals surface area contributed by atoms with Gasteiger partial charge in [0, 0.05) is 17.2 Å². The van der Waals surface area contributed by atoms with E-state index in [0.717, 1.165) is 37.8 Å². The van der Waals surface area contributed by atoms with Gasteiger partial charge in [-0.1, -0.05) is 37.8 Å². The van der Waals surface area contributed by atoms with Crippen LogP contribution in [0.25, 0.3) is 0 Å². The zero-order valence-corrected chi connectivity index (χ0v) is 13.8. The van der Waals surface area contributed by atoms with E-state index in [0.29, 0.717) is 6.54 Å². The van der Waals surface area contributed by atoms with Crippen LogP contribution in [0, 0.1) is 5.82 Å². The van der Waals surface area contributed by atoms with Crippen LogP contribution in [0.1, 0.15) is 43.0 Å². The number of amides is 1. The molecule has 1 aromatic carbocycles. The van der Waals surface area contributed by atoms with E-state index in [1.165, 1.54) is 0 Å². The third-order valence-corrected chi connectivity index (χ3v) is 4.63. The standard InChI is InChI=1S/C13H16Cl2FNO3S/c1-2-3-4-5-6-17-13(18)9-7-12(21(15,19)20)10(14)8-11(9)16/h7-8H,2-6H2,1H3,(H,17,18). The first-order valence-electron chi connectivity index (χ1n) is 6.49. The summed E-state index contributed by atoms with van der Waals surface area (Å²) in [4.78, 5) is 11.4. The molecular formula is C13H16Cl2FNO3S. The van der Waals surface area contributed by atoms with Gasteiger partial charge >= 0.3 is 0 Å². The van der Waals surface area contributed by atoms with Crippen LogP contribution in [0.4, 0.5) is 4.39 Å². The molecule has 0 radical (unpaired) electrons. The van der Waals surface area contributed by atoms with Gasteiger partial charge in [-0.25, -0.2) is 12.8 Å². The van der Waals surface area contributed by atoms with Crippen molar-refractivity contribution < 1.29 is 17.6 Å². The topological polar surface area (TPSA) is 63.2 Å². The second-order valence-electron chi connectivity index (χ2n) is 4.52. The maximum absolute atomic E-state index is 13.7. The molecule has 4 nitrogen and oxygen atoms in total. The Morgan fingerprint density at radius 3 is 2.52 bits per heavy atom. The fourth-order valence-corrected chi connectivity index (χ4v) is 3.25. The van der Waals surface area contributed by atoms with E-state index < -0.39 is 31.2 Å². The Bertz CT molecular complexity index is 620. The Labute approximate surface area is 133 Å². The van der Waals surface area contributed by atoms with E-state index in [1.807, 2.05) is 0 Å². The molecule has 1 rings (SSSR count). The van der Waals surface area contributed by atoms with E-state index in [4.69, 9.17) is 22.3 Å². The van der Waals surface area contributed by atoms with Crippen molar-refractivity contribution in [2.24, 2.45) is 0 Å². The molecule has 0 unspecified atom stereocenters. The van der Waals surface area contributed by atoms with Crippen LogP contribution in [-0.2, 0) is 9.05 Å². The van der Waals surface area contributed by atoms with Crippen LogP contribution in [0.3, 0.4) is 0 Å². The number of carbonyl (C=O) groups is 1. The summed E-state index contributed by atoms with van der Waals surface area (Å²) >= 11 is 5.62. The molecule has 0 aliphatic carbocycles. The second kappa shape index (κ2) is 7.96. The van der Waals surface area contributed by atoms with Crippen molar-refractivity contribution in [3.05, 3.63) is 28.5 Å². The van der Waals surface area contributed by atoms with Crippen LogP contribution >= 0.6 is 22.3 Å². The van der Waals surface area contributed by atoms with Crippen molar-refractivity contribution in [1.82, 2.24) is 5.32 Å². The first kappa shape index (κ1) is 18.2. The molecular weight excluding hydrogens is 340 g/mol. The van der Waals surface area contributed by atoms with Crippen LogP contribution in [0.2, 0.25) is 5.02 Å². The molecule has 118 valence electrons. The van der Waals surface area contributed by atoms with E-state index in [2.05, 4.69) is 12.2 Å². The minimum Gasteiger partial charge on any atom is -0.352 e. The highest BCUT2D eigenvalue weighted by molar-refractivity contribution is 8.13. The monoisotopic (exact) mass is 355 g/mol. The van der Waals surface area contributed by atoms with Gasteiger partial charge in [0.25, 0.3) is 15.0 Å². The van der Waals surface area contributed by atoms with Gasteiger partial charge in [0.05, 0.1) is 10.6 Å². The summed E-state index contributed by atoms with van der Waals surface area (Å²) in [6, 6.07) is 1.62. The second-order valence-corrected chi connectivity index (χ2v) is 7.46. The van der Waals surface area contributed by atoms with Crippen LogP contribution in [0.5, 0.6) is 0 Å². The Morgan fingerprint density at radius 1 is 1.29 bits per heavy atom. The summed E-state index contributed by atoms with van der Waals surface area (Å²) in [7, 11) is 1.04. The predicted octanol–water partition coefficient (Wildman–Crippen LogP) is 3.72. The summed E-state index contributed by atoms with van der Waals surface area (Å²) in [5.74, 6) is -1.59. The first-order valence-corrected chi connectivity index (χ1v) is 9.18. The fourth-order valence-electron chi connectivity index (χ4n) is 1.74. The van der Waals surface area contributed by atoms with E-state index in [1.54, 1.807) is 0 Å². The van der Waals surface area contributed by atoms with Gasteiger partial charge < -0.3 is 5.32 Å². The minimum absolute atomic E-state index is 0.359. The number of hydrogen-bond donors (Lipinski definition) is 1. The molecule has 1 aromatic rings. The van der Waals surface area contributed by atoms with E-state index in [9.17, 15) is 17.6 Å². The first-order chi connectivity index (χ1) is 9.77. The molecule has 1 N–H and O–H groups in total. The molecule has 1 amide bonds. The molecule has 21 heavy (non-hydrogen) atoms. The summed E-state index contributed by atoms with van der Waals surface area (Å²) in [5, 5.41) is 2.18. The van der Waals surface area contributed by atoms with Gasteiger partial charge in [0.1, 0.15) is 10.7 Å². The third-order valence-electron chi connectivity index (χ3n) is 2.84. The third kappa shape index (κ3) is 5.45. The predicted molar refractivity (Wildman–Crippen MR) is 80.9 cm³/mol. The molecule has 0 aliphatic rings. The lowest BCUT2D eigenvalue weighted by atomic mass is 10.2. The minimum atomic E-state index is -4.15. The Morgan fingerprint density at radius 2 is 1.95 bits per heavy atom. The Hall–Kier alpha value is -0.850. The van der Waals surface area contributed by atoms with Gasteiger partial charge in [0.15, 0.2) is 0 Å². The molecule has 0 spiro atoms. The molecule has 0 fully saturated rings. The van der Waals surface area contributed by atoms with Crippen molar-refractivity contribution in [2.75, 3.05) is 6.54 Å². The molecule has 0 atom stereocenters. The fraction of sp³-hybridized carbons (Fsp3) is 0.462. The lowest BCUT2D eigenvalue weighted by Crippen LogP contribution is -2.25. The average Bonchev–Trinajstić information content (AvgIpc) is 2.36. The number of nitrogens with one attached hydrogen (secondary N) is 1. The number of benzene rings is 1. The Balaban J connectivity index is 2.85. The van der Waals surface area contributed by atoms with Crippen LogP contribution in [0.15, 0.2) is 17.0 Å². The number of halogens is 3. The van der Waals surface area contributed by atoms with Crippen molar-refractivity contribution >= 4 is 37.2 Å². The van der Waals surface area contributed by atoms with Gasteiger partial charge in [-0.2, -0.15) is 0 Å².